The van der Waals surface area contributed by atoms with Crippen molar-refractivity contribution in [2.45, 2.75) is 13.5 Å². The molecule has 2 heterocycles. The molecule has 1 aliphatic rings. The first-order chi connectivity index (χ1) is 12.6. The first kappa shape index (κ1) is 18.6. The molecule has 0 saturated carbocycles. The summed E-state index contributed by atoms with van der Waals surface area (Å²) in [5.41, 5.74) is 2.37. The Morgan fingerprint density at radius 1 is 1.19 bits per heavy atom. The van der Waals surface area contributed by atoms with Gasteiger partial charge in [0.05, 0.1) is 25.9 Å². The Bertz CT molecular complexity index is 722. The second kappa shape index (κ2) is 8.93. The number of piperazine rings is 1. The summed E-state index contributed by atoms with van der Waals surface area (Å²) in [6.07, 6.45) is 1.71. The lowest BCUT2D eigenvalue weighted by Gasteiger charge is -2.33. The van der Waals surface area contributed by atoms with Crippen LogP contribution in [0.3, 0.4) is 0 Å². The van der Waals surface area contributed by atoms with E-state index in [1.54, 1.807) is 6.20 Å². The summed E-state index contributed by atoms with van der Waals surface area (Å²) in [7, 11) is 0. The summed E-state index contributed by atoms with van der Waals surface area (Å²) in [4.78, 5) is 16.8. The maximum absolute atomic E-state index is 12.4. The van der Waals surface area contributed by atoms with Gasteiger partial charge in [-0.2, -0.15) is 5.10 Å². The zero-order valence-corrected chi connectivity index (χ0v) is 15.3. The van der Waals surface area contributed by atoms with Crippen LogP contribution in [-0.4, -0.2) is 76.5 Å². The molecule has 7 heteroatoms. The van der Waals surface area contributed by atoms with Gasteiger partial charge in [-0.3, -0.25) is 14.6 Å². The van der Waals surface area contributed by atoms with Crippen LogP contribution < -0.4 is 5.32 Å². The summed E-state index contributed by atoms with van der Waals surface area (Å²) in [6.45, 7) is 7.43. The van der Waals surface area contributed by atoms with Gasteiger partial charge in [0.2, 0.25) is 5.91 Å². The SMILES string of the molecule is Cc1cccc(Cn2nccc2NC(=O)CN2CCN(CCO)CC2)c1. The van der Waals surface area contributed by atoms with Crippen molar-refractivity contribution in [1.29, 1.82) is 0 Å². The number of nitrogens with zero attached hydrogens (tertiary/aromatic N) is 4. The monoisotopic (exact) mass is 357 g/mol. The van der Waals surface area contributed by atoms with Crippen molar-refractivity contribution in [3.05, 3.63) is 47.7 Å². The number of carbonyl (C=O) groups excluding carboxylic acids is 1. The molecule has 1 aliphatic heterocycles. The summed E-state index contributed by atoms with van der Waals surface area (Å²) < 4.78 is 1.81. The van der Waals surface area contributed by atoms with Gasteiger partial charge in [0.1, 0.15) is 5.82 Å². The number of benzene rings is 1. The van der Waals surface area contributed by atoms with E-state index in [0.717, 1.165) is 37.6 Å². The molecule has 140 valence electrons. The van der Waals surface area contributed by atoms with Crippen LogP contribution in [0.4, 0.5) is 5.82 Å². The number of aryl methyl sites for hydroxylation is 1. The first-order valence-corrected chi connectivity index (χ1v) is 9.07. The molecule has 1 fully saturated rings. The summed E-state index contributed by atoms with van der Waals surface area (Å²) in [6, 6.07) is 10.1. The van der Waals surface area contributed by atoms with E-state index in [2.05, 4.69) is 45.3 Å². The van der Waals surface area contributed by atoms with Gasteiger partial charge >= 0.3 is 0 Å². The number of hydrogen-bond acceptors (Lipinski definition) is 5. The number of rotatable bonds is 7. The third-order valence-corrected chi connectivity index (χ3v) is 4.65. The predicted octanol–water partition coefficient (Wildman–Crippen LogP) is 0.788. The zero-order chi connectivity index (χ0) is 18.4. The summed E-state index contributed by atoms with van der Waals surface area (Å²) >= 11 is 0. The Hall–Kier alpha value is -2.22. The molecule has 0 unspecified atom stereocenters. The van der Waals surface area contributed by atoms with Gasteiger partial charge in [0.15, 0.2) is 0 Å². The lowest BCUT2D eigenvalue weighted by molar-refractivity contribution is -0.117. The minimum absolute atomic E-state index is 0.0217. The lowest BCUT2D eigenvalue weighted by atomic mass is 10.1. The number of β-amino-alcohol motifs (C(OH)–C–C–N with tert-alkyl or cyclic N) is 1. The Kier molecular flexibility index (Phi) is 6.38. The first-order valence-electron chi connectivity index (χ1n) is 9.07. The number of anilines is 1. The molecule has 0 aliphatic carbocycles. The Balaban J connectivity index is 1.52. The second-order valence-corrected chi connectivity index (χ2v) is 6.75. The van der Waals surface area contributed by atoms with Crippen molar-refractivity contribution < 1.29 is 9.90 Å². The van der Waals surface area contributed by atoms with Crippen molar-refractivity contribution in [2.75, 3.05) is 51.2 Å². The van der Waals surface area contributed by atoms with Crippen molar-refractivity contribution in [1.82, 2.24) is 19.6 Å². The Labute approximate surface area is 154 Å². The van der Waals surface area contributed by atoms with Crippen molar-refractivity contribution in [3.8, 4) is 0 Å². The van der Waals surface area contributed by atoms with Crippen LogP contribution in [0.25, 0.3) is 0 Å². The highest BCUT2D eigenvalue weighted by Gasteiger charge is 2.19. The zero-order valence-electron chi connectivity index (χ0n) is 15.3. The Morgan fingerprint density at radius 2 is 1.96 bits per heavy atom. The third-order valence-electron chi connectivity index (χ3n) is 4.65. The van der Waals surface area contributed by atoms with Crippen LogP contribution >= 0.6 is 0 Å². The maximum Gasteiger partial charge on any atom is 0.239 e. The molecule has 2 N–H and O–H groups in total. The molecular formula is C19H27N5O2. The number of aromatic nitrogens is 2. The fourth-order valence-electron chi connectivity index (χ4n) is 3.25. The lowest BCUT2D eigenvalue weighted by Crippen LogP contribution is -2.49. The van der Waals surface area contributed by atoms with Gasteiger partial charge in [0, 0.05) is 38.8 Å². The van der Waals surface area contributed by atoms with Crippen molar-refractivity contribution in [2.24, 2.45) is 0 Å². The second-order valence-electron chi connectivity index (χ2n) is 6.75. The molecule has 3 rings (SSSR count). The van der Waals surface area contributed by atoms with Crippen molar-refractivity contribution >= 4 is 11.7 Å². The number of amides is 1. The molecule has 2 aromatic rings. The van der Waals surface area contributed by atoms with Gasteiger partial charge in [0.25, 0.3) is 0 Å². The van der Waals surface area contributed by atoms with Crippen molar-refractivity contribution in [3.63, 3.8) is 0 Å². The summed E-state index contributed by atoms with van der Waals surface area (Å²) in [5, 5.41) is 16.3. The average Bonchev–Trinajstić information content (AvgIpc) is 3.03. The van der Waals surface area contributed by atoms with Crippen LogP contribution in [-0.2, 0) is 11.3 Å². The van der Waals surface area contributed by atoms with Gasteiger partial charge in [-0.15, -0.1) is 0 Å². The highest BCUT2D eigenvalue weighted by atomic mass is 16.3. The van der Waals surface area contributed by atoms with E-state index in [9.17, 15) is 4.79 Å². The fourth-order valence-corrected chi connectivity index (χ4v) is 3.25. The molecule has 1 saturated heterocycles. The molecule has 0 bridgehead atoms. The van der Waals surface area contributed by atoms with Gasteiger partial charge in [-0.1, -0.05) is 29.8 Å². The van der Waals surface area contributed by atoms with Crippen LogP contribution in [0.5, 0.6) is 0 Å². The predicted molar refractivity (Wildman–Crippen MR) is 101 cm³/mol. The molecule has 7 nitrogen and oxygen atoms in total. The normalized spacial score (nSPS) is 15.9. The van der Waals surface area contributed by atoms with E-state index < -0.39 is 0 Å². The molecule has 0 atom stereocenters. The fraction of sp³-hybridized carbons (Fsp3) is 0.474. The van der Waals surface area contributed by atoms with E-state index in [1.165, 1.54) is 5.56 Å². The van der Waals surface area contributed by atoms with Crippen LogP contribution in [0.2, 0.25) is 0 Å². The van der Waals surface area contributed by atoms with Crippen LogP contribution in [0.15, 0.2) is 36.5 Å². The van der Waals surface area contributed by atoms with Crippen LogP contribution in [0.1, 0.15) is 11.1 Å². The maximum atomic E-state index is 12.4. The van der Waals surface area contributed by atoms with Crippen LogP contribution in [0, 0.1) is 6.92 Å². The molecule has 1 amide bonds. The number of aliphatic hydroxyl groups is 1. The highest BCUT2D eigenvalue weighted by Crippen LogP contribution is 2.12. The van der Waals surface area contributed by atoms with Gasteiger partial charge in [-0.05, 0) is 12.5 Å². The number of aliphatic hydroxyl groups excluding tert-OH is 1. The minimum Gasteiger partial charge on any atom is -0.395 e. The quantitative estimate of drug-likeness (QED) is 0.766. The van der Waals surface area contributed by atoms with E-state index in [0.29, 0.717) is 19.6 Å². The Morgan fingerprint density at radius 3 is 2.69 bits per heavy atom. The highest BCUT2D eigenvalue weighted by molar-refractivity contribution is 5.91. The smallest absolute Gasteiger partial charge is 0.239 e. The van der Waals surface area contributed by atoms with Gasteiger partial charge < -0.3 is 10.4 Å². The molecule has 1 aromatic heterocycles. The molecule has 0 spiro atoms. The largest absolute Gasteiger partial charge is 0.395 e. The summed E-state index contributed by atoms with van der Waals surface area (Å²) in [5.74, 6) is 0.696. The molecular weight excluding hydrogens is 330 g/mol. The van der Waals surface area contributed by atoms with E-state index in [4.69, 9.17) is 5.11 Å². The average molecular weight is 357 g/mol. The molecule has 26 heavy (non-hydrogen) atoms. The third kappa shape index (κ3) is 5.14. The van der Waals surface area contributed by atoms with E-state index in [1.807, 2.05) is 16.8 Å². The standard InChI is InChI=1S/C19H27N5O2/c1-16-3-2-4-17(13-16)14-24-18(5-6-20-24)21-19(26)15-23-9-7-22(8-10-23)11-12-25/h2-6,13,25H,7-12,14-15H2,1H3,(H,21,26). The van der Waals surface area contributed by atoms with E-state index in [-0.39, 0.29) is 12.5 Å². The number of nitrogens with one attached hydrogen (secondary N) is 1. The molecule has 1 aromatic carbocycles. The number of hydrogen-bond donors (Lipinski definition) is 2. The topological polar surface area (TPSA) is 73.6 Å². The number of carbonyl (C=O) groups is 1. The minimum atomic E-state index is -0.0217. The van der Waals surface area contributed by atoms with Gasteiger partial charge in [-0.25, -0.2) is 4.68 Å². The molecule has 0 radical (unpaired) electrons. The van der Waals surface area contributed by atoms with E-state index >= 15 is 0 Å².